The van der Waals surface area contributed by atoms with E-state index in [0.29, 0.717) is 22.1 Å². The molecule has 1 aliphatic carbocycles. The number of nitrogens with one attached hydrogen (secondary N) is 2. The highest BCUT2D eigenvalue weighted by Crippen LogP contribution is 2.48. The molecule has 1 aliphatic rings. The lowest BCUT2D eigenvalue weighted by Gasteiger charge is -2.08. The van der Waals surface area contributed by atoms with E-state index >= 15 is 0 Å². The van der Waals surface area contributed by atoms with Crippen LogP contribution in [0.15, 0.2) is 77.7 Å². The largest absolute Gasteiger partial charge is 0.481 e. The van der Waals surface area contributed by atoms with Crippen LogP contribution in [0, 0.1) is 17.8 Å². The molecule has 2 aromatic carbocycles. The standard InChI is InChI=1S/C23H18ClN3O5/c24-13-4-6-14(7-5-13)25-21(29)18-19(20(18)23(31)32)22(30)26-15-8-10-16(11-9-15)27-12-2-1-3-17(27)28/h1-12,18-20H,(H,25,29)(H,26,30)(H,31,32)/t18-,19+,20+/m1/s1. The van der Waals surface area contributed by atoms with Crippen molar-refractivity contribution in [3.63, 3.8) is 0 Å². The van der Waals surface area contributed by atoms with E-state index in [-0.39, 0.29) is 5.56 Å². The van der Waals surface area contributed by atoms with Gasteiger partial charge in [0.15, 0.2) is 0 Å². The Morgan fingerprint density at radius 2 is 1.31 bits per heavy atom. The van der Waals surface area contributed by atoms with Gasteiger partial charge in [-0.05, 0) is 54.6 Å². The number of aliphatic carboxylic acids is 1. The first-order chi connectivity index (χ1) is 15.3. The van der Waals surface area contributed by atoms with Crippen LogP contribution < -0.4 is 16.2 Å². The molecule has 0 aliphatic heterocycles. The van der Waals surface area contributed by atoms with E-state index in [1.54, 1.807) is 66.9 Å². The van der Waals surface area contributed by atoms with Gasteiger partial charge in [0.2, 0.25) is 11.8 Å². The van der Waals surface area contributed by atoms with E-state index in [0.717, 1.165) is 0 Å². The van der Waals surface area contributed by atoms with Crippen molar-refractivity contribution < 1.29 is 19.5 Å². The summed E-state index contributed by atoms with van der Waals surface area (Å²) in [6, 6.07) is 17.7. The number of carbonyl (C=O) groups excluding carboxylic acids is 2. The third-order valence-electron chi connectivity index (χ3n) is 5.26. The second-order valence-electron chi connectivity index (χ2n) is 7.36. The molecule has 0 saturated heterocycles. The van der Waals surface area contributed by atoms with E-state index < -0.39 is 35.5 Å². The molecule has 1 fully saturated rings. The molecule has 1 saturated carbocycles. The van der Waals surface area contributed by atoms with Crippen molar-refractivity contribution in [2.75, 3.05) is 10.6 Å². The number of rotatable bonds is 6. The first-order valence-electron chi connectivity index (χ1n) is 9.73. The molecule has 0 bridgehead atoms. The molecule has 1 heterocycles. The Morgan fingerprint density at radius 3 is 1.81 bits per heavy atom. The highest BCUT2D eigenvalue weighted by atomic mass is 35.5. The molecule has 162 valence electrons. The predicted octanol–water partition coefficient (Wildman–Crippen LogP) is 3.01. The SMILES string of the molecule is O=C(O)[C@@H]1[C@@H](C(=O)Nc2ccc(-n3ccccc3=O)cc2)[C@H]1C(=O)Nc1ccc(Cl)cc1. The Hall–Kier alpha value is -3.91. The number of halogens is 1. The van der Waals surface area contributed by atoms with Gasteiger partial charge in [0.25, 0.3) is 5.56 Å². The smallest absolute Gasteiger partial charge is 0.308 e. The number of carbonyl (C=O) groups is 3. The number of nitrogens with zero attached hydrogens (tertiary/aromatic N) is 1. The van der Waals surface area contributed by atoms with Crippen LogP contribution in [0.4, 0.5) is 11.4 Å². The molecule has 32 heavy (non-hydrogen) atoms. The van der Waals surface area contributed by atoms with E-state index in [2.05, 4.69) is 10.6 Å². The van der Waals surface area contributed by atoms with Crippen molar-refractivity contribution >= 4 is 40.8 Å². The summed E-state index contributed by atoms with van der Waals surface area (Å²) in [5.74, 6) is -5.39. The first kappa shape index (κ1) is 21.3. The van der Waals surface area contributed by atoms with Crippen molar-refractivity contribution in [1.29, 1.82) is 0 Å². The molecule has 0 unspecified atom stereocenters. The normalized spacial score (nSPS) is 19.1. The maximum atomic E-state index is 12.7. The van der Waals surface area contributed by atoms with Gasteiger partial charge in [-0.1, -0.05) is 17.7 Å². The minimum absolute atomic E-state index is 0.193. The number of anilines is 2. The van der Waals surface area contributed by atoms with E-state index in [1.165, 1.54) is 10.6 Å². The summed E-state index contributed by atoms with van der Waals surface area (Å²) in [5, 5.41) is 15.2. The van der Waals surface area contributed by atoms with Crippen molar-refractivity contribution in [1.82, 2.24) is 4.57 Å². The molecule has 2 amide bonds. The molecular weight excluding hydrogens is 434 g/mol. The zero-order chi connectivity index (χ0) is 22.8. The molecule has 3 atom stereocenters. The van der Waals surface area contributed by atoms with Gasteiger partial charge >= 0.3 is 5.97 Å². The minimum Gasteiger partial charge on any atom is -0.481 e. The second kappa shape index (κ2) is 8.68. The zero-order valence-corrected chi connectivity index (χ0v) is 17.3. The van der Waals surface area contributed by atoms with Gasteiger partial charge in [-0.2, -0.15) is 0 Å². The highest BCUT2D eigenvalue weighted by molar-refractivity contribution is 6.30. The van der Waals surface area contributed by atoms with Gasteiger partial charge in [0.1, 0.15) is 0 Å². The summed E-state index contributed by atoms with van der Waals surface area (Å²) in [5.41, 5.74) is 1.31. The first-order valence-corrected chi connectivity index (χ1v) is 10.1. The van der Waals surface area contributed by atoms with E-state index in [4.69, 9.17) is 11.6 Å². The van der Waals surface area contributed by atoms with Gasteiger partial charge in [-0.25, -0.2) is 0 Å². The number of aromatic nitrogens is 1. The Morgan fingerprint density at radius 1 is 0.781 bits per heavy atom. The third-order valence-corrected chi connectivity index (χ3v) is 5.51. The monoisotopic (exact) mass is 451 g/mol. The minimum atomic E-state index is -1.21. The molecule has 8 nitrogen and oxygen atoms in total. The van der Waals surface area contributed by atoms with Crippen molar-refractivity contribution in [3.05, 3.63) is 88.3 Å². The number of carboxylic acid groups (broad SMARTS) is 1. The van der Waals surface area contributed by atoms with Crippen molar-refractivity contribution in [3.8, 4) is 5.69 Å². The Labute approximate surface area is 187 Å². The Bertz CT molecular complexity index is 1240. The van der Waals surface area contributed by atoms with Gasteiger partial charge in [0.05, 0.1) is 17.8 Å². The number of carboxylic acids is 1. The fourth-order valence-corrected chi connectivity index (χ4v) is 3.73. The van der Waals surface area contributed by atoms with Crippen molar-refractivity contribution in [2.24, 2.45) is 17.8 Å². The fraction of sp³-hybridized carbons (Fsp3) is 0.130. The summed E-state index contributed by atoms with van der Waals surface area (Å²) >= 11 is 5.82. The number of hydrogen-bond acceptors (Lipinski definition) is 4. The lowest BCUT2D eigenvalue weighted by atomic mass is 10.2. The van der Waals surface area contributed by atoms with Crippen LogP contribution in [-0.4, -0.2) is 27.5 Å². The molecule has 4 rings (SSSR count). The van der Waals surface area contributed by atoms with Gasteiger partial charge in [-0.3, -0.25) is 23.7 Å². The highest BCUT2D eigenvalue weighted by Gasteiger charge is 2.63. The molecule has 1 aromatic heterocycles. The van der Waals surface area contributed by atoms with E-state index in [1.807, 2.05) is 0 Å². The van der Waals surface area contributed by atoms with Crippen LogP contribution in [0.5, 0.6) is 0 Å². The summed E-state index contributed by atoms with van der Waals surface area (Å²) < 4.78 is 1.45. The van der Waals surface area contributed by atoms with Gasteiger partial charge in [0, 0.05) is 34.3 Å². The third kappa shape index (κ3) is 4.40. The molecule has 0 radical (unpaired) electrons. The summed E-state index contributed by atoms with van der Waals surface area (Å²) in [6.07, 6.45) is 1.63. The number of benzene rings is 2. The lowest BCUT2D eigenvalue weighted by molar-refractivity contribution is -0.140. The molecule has 0 spiro atoms. The zero-order valence-electron chi connectivity index (χ0n) is 16.6. The van der Waals surface area contributed by atoms with Crippen LogP contribution in [0.3, 0.4) is 0 Å². The molecule has 3 N–H and O–H groups in total. The lowest BCUT2D eigenvalue weighted by Crippen LogP contribution is -2.20. The second-order valence-corrected chi connectivity index (χ2v) is 7.79. The summed E-state index contributed by atoms with van der Waals surface area (Å²) in [4.78, 5) is 48.7. The van der Waals surface area contributed by atoms with Crippen LogP contribution in [-0.2, 0) is 14.4 Å². The Kier molecular flexibility index (Phi) is 5.79. The van der Waals surface area contributed by atoms with Crippen molar-refractivity contribution in [2.45, 2.75) is 0 Å². The fourth-order valence-electron chi connectivity index (χ4n) is 3.60. The average molecular weight is 452 g/mol. The van der Waals surface area contributed by atoms with Crippen LogP contribution in [0.25, 0.3) is 5.69 Å². The maximum absolute atomic E-state index is 12.7. The molecule has 9 heteroatoms. The number of hydrogen-bond donors (Lipinski definition) is 3. The average Bonchev–Trinajstić information content (AvgIpc) is 3.53. The van der Waals surface area contributed by atoms with Crippen LogP contribution in [0.2, 0.25) is 5.02 Å². The maximum Gasteiger partial charge on any atom is 0.308 e. The summed E-state index contributed by atoms with van der Waals surface area (Å²) in [7, 11) is 0. The molecular formula is C23H18ClN3O5. The van der Waals surface area contributed by atoms with E-state index in [9.17, 15) is 24.3 Å². The number of pyridine rings is 1. The molecule has 3 aromatic rings. The topological polar surface area (TPSA) is 117 Å². The van der Waals surface area contributed by atoms with Crippen LogP contribution in [0.1, 0.15) is 0 Å². The van der Waals surface area contributed by atoms with Crippen LogP contribution >= 0.6 is 11.6 Å². The number of amides is 2. The quantitative estimate of drug-likeness (QED) is 0.532. The predicted molar refractivity (Wildman–Crippen MR) is 119 cm³/mol. The Balaban J connectivity index is 1.44. The van der Waals surface area contributed by atoms with Gasteiger partial charge in [-0.15, -0.1) is 0 Å². The van der Waals surface area contributed by atoms with Gasteiger partial charge < -0.3 is 15.7 Å². The summed E-state index contributed by atoms with van der Waals surface area (Å²) in [6.45, 7) is 0.